The molecule has 1 aromatic carbocycles. The van der Waals surface area contributed by atoms with Crippen molar-refractivity contribution >= 4 is 29.3 Å². The van der Waals surface area contributed by atoms with Gasteiger partial charge in [-0.25, -0.2) is 4.98 Å². The van der Waals surface area contributed by atoms with Crippen molar-refractivity contribution < 1.29 is 9.59 Å². The van der Waals surface area contributed by atoms with E-state index in [2.05, 4.69) is 15.6 Å². The van der Waals surface area contributed by atoms with Gasteiger partial charge in [0.05, 0.1) is 10.9 Å². The second-order valence-electron chi connectivity index (χ2n) is 5.65. The van der Waals surface area contributed by atoms with E-state index in [9.17, 15) is 9.59 Å². The second-order valence-corrected chi connectivity index (χ2v) is 6.77. The number of amides is 2. The van der Waals surface area contributed by atoms with E-state index in [1.807, 2.05) is 43.3 Å². The molecule has 0 fully saturated rings. The van der Waals surface area contributed by atoms with E-state index in [0.717, 1.165) is 27.6 Å². The summed E-state index contributed by atoms with van der Waals surface area (Å²) in [5.74, 6) is 0.141. The van der Waals surface area contributed by atoms with Gasteiger partial charge in [-0.3, -0.25) is 9.59 Å². The molecule has 2 amide bonds. The largest absolute Gasteiger partial charge is 0.355 e. The van der Waals surface area contributed by atoms with Gasteiger partial charge < -0.3 is 10.6 Å². The first-order chi connectivity index (χ1) is 11.6. The quantitative estimate of drug-likeness (QED) is 0.626. The van der Waals surface area contributed by atoms with Crippen LogP contribution in [-0.2, 0) is 9.59 Å². The first-order valence-electron chi connectivity index (χ1n) is 7.86. The summed E-state index contributed by atoms with van der Waals surface area (Å²) in [5.41, 5.74) is 2.79. The number of anilines is 1. The van der Waals surface area contributed by atoms with Crippen molar-refractivity contribution in [2.45, 2.75) is 24.3 Å². The maximum atomic E-state index is 12.1. The Bertz CT molecular complexity index is 749. The van der Waals surface area contributed by atoms with Gasteiger partial charge in [-0.05, 0) is 30.2 Å². The first-order valence-corrected chi connectivity index (χ1v) is 8.84. The molecule has 0 bridgehead atoms. The number of hydrogen-bond donors (Lipinski definition) is 2. The van der Waals surface area contributed by atoms with Crippen LogP contribution in [0.5, 0.6) is 0 Å². The average molecular weight is 341 g/mol. The van der Waals surface area contributed by atoms with Crippen LogP contribution in [0.3, 0.4) is 0 Å². The molecule has 5 nitrogen and oxygen atoms in total. The molecular weight excluding hydrogens is 322 g/mol. The third-order valence-corrected chi connectivity index (χ3v) is 4.89. The van der Waals surface area contributed by atoms with E-state index in [1.165, 1.54) is 0 Å². The zero-order valence-electron chi connectivity index (χ0n) is 13.4. The van der Waals surface area contributed by atoms with Gasteiger partial charge in [-0.2, -0.15) is 0 Å². The van der Waals surface area contributed by atoms with Crippen LogP contribution in [0.2, 0.25) is 0 Å². The summed E-state index contributed by atoms with van der Waals surface area (Å²) in [6, 6.07) is 11.5. The van der Waals surface area contributed by atoms with Gasteiger partial charge in [0.2, 0.25) is 11.8 Å². The topological polar surface area (TPSA) is 71.1 Å². The number of fused-ring (bicyclic) bond motifs is 1. The highest BCUT2D eigenvalue weighted by molar-refractivity contribution is 7.99. The number of pyridine rings is 1. The van der Waals surface area contributed by atoms with E-state index in [0.29, 0.717) is 6.54 Å². The molecule has 0 saturated heterocycles. The van der Waals surface area contributed by atoms with Crippen LogP contribution in [0.15, 0.2) is 47.6 Å². The Balaban J connectivity index is 1.49. The highest BCUT2D eigenvalue weighted by Gasteiger charge is 2.32. The monoisotopic (exact) mass is 341 g/mol. The Morgan fingerprint density at radius 3 is 2.96 bits per heavy atom. The van der Waals surface area contributed by atoms with Gasteiger partial charge in [0, 0.05) is 30.6 Å². The highest BCUT2D eigenvalue weighted by Crippen LogP contribution is 2.36. The summed E-state index contributed by atoms with van der Waals surface area (Å²) in [7, 11) is 0. The predicted octanol–water partition coefficient (Wildman–Crippen LogP) is 2.72. The van der Waals surface area contributed by atoms with E-state index >= 15 is 0 Å². The molecule has 3 rings (SSSR count). The van der Waals surface area contributed by atoms with E-state index < -0.39 is 5.92 Å². The van der Waals surface area contributed by atoms with Crippen molar-refractivity contribution in [3.8, 4) is 0 Å². The molecule has 0 spiro atoms. The van der Waals surface area contributed by atoms with Crippen LogP contribution in [0.25, 0.3) is 0 Å². The highest BCUT2D eigenvalue weighted by atomic mass is 32.2. The molecule has 24 heavy (non-hydrogen) atoms. The predicted molar refractivity (Wildman–Crippen MR) is 95.1 cm³/mol. The molecule has 6 heteroatoms. The number of hydrogen-bond acceptors (Lipinski definition) is 4. The minimum absolute atomic E-state index is 0.0997. The Morgan fingerprint density at radius 2 is 2.17 bits per heavy atom. The minimum atomic E-state index is -0.400. The fraction of sp³-hybridized carbons (Fsp3) is 0.278. The van der Waals surface area contributed by atoms with E-state index in [-0.39, 0.29) is 18.2 Å². The molecule has 1 unspecified atom stereocenters. The molecule has 2 N–H and O–H groups in total. The van der Waals surface area contributed by atoms with E-state index in [1.54, 1.807) is 18.0 Å². The molecule has 1 atom stereocenters. The molecule has 0 radical (unpaired) electrons. The summed E-state index contributed by atoms with van der Waals surface area (Å²) in [6.07, 6.45) is 1.93. The third-order valence-electron chi connectivity index (χ3n) is 3.95. The number of carbonyl (C=O) groups excluding carboxylic acids is 2. The zero-order valence-corrected chi connectivity index (χ0v) is 14.2. The zero-order chi connectivity index (χ0) is 16.9. The minimum Gasteiger partial charge on any atom is -0.355 e. The number of thioether (sulfide) groups is 1. The summed E-state index contributed by atoms with van der Waals surface area (Å²) < 4.78 is 0. The number of aryl methyl sites for hydroxylation is 1. The number of nitrogens with one attached hydrogen (secondary N) is 2. The first kappa shape index (κ1) is 16.5. The summed E-state index contributed by atoms with van der Waals surface area (Å²) >= 11 is 1.59. The Kier molecular flexibility index (Phi) is 5.15. The normalized spacial score (nSPS) is 15.7. The van der Waals surface area contributed by atoms with Crippen molar-refractivity contribution in [2.24, 2.45) is 0 Å². The van der Waals surface area contributed by atoms with Gasteiger partial charge in [0.1, 0.15) is 0 Å². The average Bonchev–Trinajstić information content (AvgIpc) is 2.90. The molecule has 124 valence electrons. The summed E-state index contributed by atoms with van der Waals surface area (Å²) in [5, 5.41) is 6.69. The SMILES string of the molecule is Cc1cccc2c1NC(=O)C2CC(=O)NCCSc1ccccn1. The Morgan fingerprint density at radius 1 is 1.29 bits per heavy atom. The lowest BCUT2D eigenvalue weighted by Crippen LogP contribution is -2.28. The molecule has 0 aliphatic carbocycles. The van der Waals surface area contributed by atoms with Crippen molar-refractivity contribution in [2.75, 3.05) is 17.6 Å². The standard InChI is InChI=1S/C18H19N3O2S/c1-12-5-4-6-13-14(18(23)21-17(12)13)11-15(22)19-9-10-24-16-7-2-3-8-20-16/h2-8,14H,9-11H2,1H3,(H,19,22)(H,21,23). The molecule has 2 heterocycles. The summed E-state index contributed by atoms with van der Waals surface area (Å²) in [4.78, 5) is 28.5. The van der Waals surface area contributed by atoms with Gasteiger partial charge >= 0.3 is 0 Å². The van der Waals surface area contributed by atoms with Crippen LogP contribution in [0, 0.1) is 6.92 Å². The number of carbonyl (C=O) groups is 2. The van der Waals surface area contributed by atoms with Crippen molar-refractivity contribution in [1.29, 1.82) is 0 Å². The van der Waals surface area contributed by atoms with E-state index in [4.69, 9.17) is 0 Å². The Labute approximate surface area is 145 Å². The van der Waals surface area contributed by atoms with Gasteiger partial charge in [-0.1, -0.05) is 24.3 Å². The van der Waals surface area contributed by atoms with Crippen LogP contribution in [-0.4, -0.2) is 29.1 Å². The molecule has 1 aromatic heterocycles. The van der Waals surface area contributed by atoms with Crippen LogP contribution in [0.1, 0.15) is 23.5 Å². The molecule has 1 aliphatic rings. The molecular formula is C18H19N3O2S. The molecule has 2 aromatic rings. The van der Waals surface area contributed by atoms with Crippen molar-refractivity contribution in [3.63, 3.8) is 0 Å². The fourth-order valence-corrected chi connectivity index (χ4v) is 3.47. The van der Waals surface area contributed by atoms with Crippen LogP contribution < -0.4 is 10.6 Å². The van der Waals surface area contributed by atoms with Crippen molar-refractivity contribution in [1.82, 2.24) is 10.3 Å². The Hall–Kier alpha value is -2.34. The number of aromatic nitrogens is 1. The lowest BCUT2D eigenvalue weighted by molar-refractivity contribution is -0.125. The van der Waals surface area contributed by atoms with Gasteiger partial charge in [-0.15, -0.1) is 11.8 Å². The number of nitrogens with zero attached hydrogens (tertiary/aromatic N) is 1. The van der Waals surface area contributed by atoms with Gasteiger partial charge in [0.25, 0.3) is 0 Å². The lowest BCUT2D eigenvalue weighted by Gasteiger charge is -2.10. The maximum absolute atomic E-state index is 12.1. The maximum Gasteiger partial charge on any atom is 0.232 e. The van der Waals surface area contributed by atoms with Crippen LogP contribution in [0.4, 0.5) is 5.69 Å². The number of benzene rings is 1. The van der Waals surface area contributed by atoms with Gasteiger partial charge in [0.15, 0.2) is 0 Å². The smallest absolute Gasteiger partial charge is 0.232 e. The number of rotatable bonds is 6. The molecule has 0 saturated carbocycles. The second kappa shape index (κ2) is 7.49. The fourth-order valence-electron chi connectivity index (χ4n) is 2.74. The lowest BCUT2D eigenvalue weighted by atomic mass is 9.95. The van der Waals surface area contributed by atoms with Crippen LogP contribution >= 0.6 is 11.8 Å². The molecule has 1 aliphatic heterocycles. The number of para-hydroxylation sites is 1. The third kappa shape index (κ3) is 3.76. The summed E-state index contributed by atoms with van der Waals surface area (Å²) in [6.45, 7) is 2.51. The van der Waals surface area contributed by atoms with Crippen molar-refractivity contribution in [3.05, 3.63) is 53.7 Å².